The summed E-state index contributed by atoms with van der Waals surface area (Å²) in [6.45, 7) is 5.34. The van der Waals surface area contributed by atoms with Gasteiger partial charge in [0, 0.05) is 48.2 Å². The number of aromatic nitrogens is 3. The molecule has 2 aliphatic heterocycles. The summed E-state index contributed by atoms with van der Waals surface area (Å²) in [4.78, 5) is 31.6. The summed E-state index contributed by atoms with van der Waals surface area (Å²) < 4.78 is 47.4. The summed E-state index contributed by atoms with van der Waals surface area (Å²) in [5.74, 6) is -0.234. The van der Waals surface area contributed by atoms with Crippen LogP contribution in [0.2, 0.25) is 0 Å². The van der Waals surface area contributed by atoms with E-state index in [0.717, 1.165) is 77.4 Å². The van der Waals surface area contributed by atoms with Gasteiger partial charge in [-0.3, -0.25) is 14.7 Å². The van der Waals surface area contributed by atoms with Crippen LogP contribution in [0.1, 0.15) is 66.2 Å². The number of thiazole rings is 1. The van der Waals surface area contributed by atoms with Crippen molar-refractivity contribution < 1.29 is 27.8 Å². The predicted molar refractivity (Wildman–Crippen MR) is 208 cm³/mol. The molecule has 0 saturated carbocycles. The molecule has 3 aromatic carbocycles. The van der Waals surface area contributed by atoms with E-state index in [1.807, 2.05) is 6.07 Å². The number of methoxy groups -OCH3 is 1. The number of benzene rings is 3. The largest absolute Gasteiger partial charge is 0.497 e. The fourth-order valence-corrected chi connectivity index (χ4v) is 9.23. The summed E-state index contributed by atoms with van der Waals surface area (Å²) in [6.07, 6.45) is 4.25. The second-order valence-corrected chi connectivity index (χ2v) is 15.8. The Morgan fingerprint density at radius 3 is 2.55 bits per heavy atom. The molecule has 0 amide bonds. The Hall–Kier alpha value is -5.01. The molecule has 13 heteroatoms. The first-order valence-corrected chi connectivity index (χ1v) is 19.6. The molecular formula is C42H43F3N6O3S. The zero-order chi connectivity index (χ0) is 38.3. The molecule has 286 valence electrons. The highest BCUT2D eigenvalue weighted by atomic mass is 32.1. The van der Waals surface area contributed by atoms with E-state index in [1.54, 1.807) is 18.5 Å². The highest BCUT2D eigenvalue weighted by Gasteiger charge is 2.33. The highest BCUT2D eigenvalue weighted by molar-refractivity contribution is 7.16. The number of nitrogens with zero attached hydrogens (tertiary/aromatic N) is 5. The standard InChI is InChI=1S/C42H43F3N6O3S/c1-25-7-5-6-14-51(25)24-36-39(29-17-30(42(43,44)45)20-31(18-29)54-2)49-41(55-36)48-21-28-10-11-33-32-9-4-3-8-27(32)19-34(33)38(28)35-22-47-37(23-46-35)50-15-12-26(13-16-50)40(52)53/h3-4,8-11,17-18,20,22-23,25-26H,5-7,12-16,19,21,24H2,1-2H3,(H,48,49)(H,52,53)/t25-/m1/s1. The molecule has 5 aromatic rings. The van der Waals surface area contributed by atoms with Crippen LogP contribution in [0.25, 0.3) is 33.6 Å². The number of aliphatic carboxylic acids is 1. The van der Waals surface area contributed by atoms with Crippen LogP contribution in [0.15, 0.2) is 67.0 Å². The molecule has 55 heavy (non-hydrogen) atoms. The molecule has 0 bridgehead atoms. The van der Waals surface area contributed by atoms with Crippen molar-refractivity contribution >= 4 is 28.3 Å². The van der Waals surface area contributed by atoms with Gasteiger partial charge >= 0.3 is 12.1 Å². The number of piperidine rings is 2. The normalized spacial score (nSPS) is 17.5. The Labute approximate surface area is 322 Å². The van der Waals surface area contributed by atoms with E-state index in [-0.39, 0.29) is 11.7 Å². The van der Waals surface area contributed by atoms with E-state index in [0.29, 0.717) is 61.5 Å². The minimum absolute atomic E-state index is 0.130. The Kier molecular flexibility index (Phi) is 10.2. The van der Waals surface area contributed by atoms with Gasteiger partial charge in [0.2, 0.25) is 0 Å². The van der Waals surface area contributed by atoms with Gasteiger partial charge in [0.15, 0.2) is 5.13 Å². The molecule has 2 aromatic heterocycles. The maximum atomic E-state index is 14.0. The van der Waals surface area contributed by atoms with E-state index >= 15 is 0 Å². The van der Waals surface area contributed by atoms with Gasteiger partial charge in [-0.25, -0.2) is 9.97 Å². The number of hydrogen-bond donors (Lipinski definition) is 2. The third-order valence-electron chi connectivity index (χ3n) is 11.3. The molecule has 1 atom stereocenters. The molecule has 0 unspecified atom stereocenters. The molecule has 3 aliphatic rings. The van der Waals surface area contributed by atoms with Crippen LogP contribution in [0.4, 0.5) is 24.1 Å². The van der Waals surface area contributed by atoms with Crippen LogP contribution < -0.4 is 15.0 Å². The number of nitrogens with one attached hydrogen (secondary N) is 1. The number of fused-ring (bicyclic) bond motifs is 3. The van der Waals surface area contributed by atoms with Crippen LogP contribution in [0, 0.1) is 5.92 Å². The number of hydrogen-bond acceptors (Lipinski definition) is 9. The minimum atomic E-state index is -4.54. The van der Waals surface area contributed by atoms with Gasteiger partial charge in [-0.05, 0) is 91.6 Å². The van der Waals surface area contributed by atoms with Crippen LogP contribution in [-0.2, 0) is 30.5 Å². The smallest absolute Gasteiger partial charge is 0.416 e. The van der Waals surface area contributed by atoms with Gasteiger partial charge in [0.25, 0.3) is 0 Å². The molecule has 9 nitrogen and oxygen atoms in total. The lowest BCUT2D eigenvalue weighted by Crippen LogP contribution is -2.36. The second kappa shape index (κ2) is 15.3. The van der Waals surface area contributed by atoms with E-state index in [2.05, 4.69) is 52.4 Å². The van der Waals surface area contributed by atoms with E-state index in [9.17, 15) is 23.1 Å². The predicted octanol–water partition coefficient (Wildman–Crippen LogP) is 9.15. The number of halogens is 3. The van der Waals surface area contributed by atoms with E-state index < -0.39 is 17.7 Å². The Morgan fingerprint density at radius 1 is 1.00 bits per heavy atom. The highest BCUT2D eigenvalue weighted by Crippen LogP contribution is 2.44. The van der Waals surface area contributed by atoms with Crippen molar-refractivity contribution in [3.63, 3.8) is 0 Å². The number of carbonyl (C=O) groups is 1. The van der Waals surface area contributed by atoms with Crippen LogP contribution >= 0.6 is 11.3 Å². The number of carboxylic acid groups (broad SMARTS) is 1. The second-order valence-electron chi connectivity index (χ2n) is 14.7. The number of alkyl halides is 3. The summed E-state index contributed by atoms with van der Waals surface area (Å²) in [5, 5.41) is 13.6. The van der Waals surface area contributed by atoms with Crippen molar-refractivity contribution in [3.8, 4) is 39.4 Å². The zero-order valence-electron chi connectivity index (χ0n) is 30.8. The first-order chi connectivity index (χ1) is 26.6. The summed E-state index contributed by atoms with van der Waals surface area (Å²) in [6, 6.07) is 16.8. The average Bonchev–Trinajstić information content (AvgIpc) is 3.78. The van der Waals surface area contributed by atoms with Crippen molar-refractivity contribution in [2.45, 2.75) is 70.8 Å². The van der Waals surface area contributed by atoms with Crippen molar-refractivity contribution in [3.05, 3.63) is 94.1 Å². The first kappa shape index (κ1) is 36.9. The molecule has 4 heterocycles. The molecule has 2 N–H and O–H groups in total. The number of likely N-dealkylation sites (tertiary alicyclic amines) is 1. The fraction of sp³-hybridized carbons (Fsp3) is 0.381. The van der Waals surface area contributed by atoms with E-state index in [1.165, 1.54) is 35.1 Å². The quantitative estimate of drug-likeness (QED) is 0.141. The number of anilines is 2. The van der Waals surface area contributed by atoms with Gasteiger partial charge < -0.3 is 20.1 Å². The van der Waals surface area contributed by atoms with Gasteiger partial charge in [-0.1, -0.05) is 42.8 Å². The summed E-state index contributed by atoms with van der Waals surface area (Å²) in [7, 11) is 1.37. The third kappa shape index (κ3) is 7.64. The van der Waals surface area contributed by atoms with Crippen molar-refractivity contribution in [2.75, 3.05) is 37.0 Å². The Balaban J connectivity index is 1.13. The lowest BCUT2D eigenvalue weighted by atomic mass is 9.94. The molecule has 0 spiro atoms. The summed E-state index contributed by atoms with van der Waals surface area (Å²) >= 11 is 1.48. The van der Waals surface area contributed by atoms with Crippen LogP contribution in [0.3, 0.4) is 0 Å². The zero-order valence-corrected chi connectivity index (χ0v) is 31.6. The molecule has 2 fully saturated rings. The lowest BCUT2D eigenvalue weighted by molar-refractivity contribution is -0.142. The monoisotopic (exact) mass is 768 g/mol. The van der Waals surface area contributed by atoms with E-state index in [4.69, 9.17) is 19.7 Å². The maximum Gasteiger partial charge on any atom is 0.416 e. The number of carboxylic acids is 1. The van der Waals surface area contributed by atoms with Gasteiger partial charge in [0.05, 0.1) is 42.4 Å². The Bertz CT molecular complexity index is 2200. The topological polar surface area (TPSA) is 104 Å². The molecule has 1 aliphatic carbocycles. The number of ether oxygens (including phenoxy) is 1. The van der Waals surface area contributed by atoms with Gasteiger partial charge in [0.1, 0.15) is 11.6 Å². The van der Waals surface area contributed by atoms with Crippen molar-refractivity contribution in [2.24, 2.45) is 5.92 Å². The molecular weight excluding hydrogens is 726 g/mol. The molecule has 8 rings (SSSR count). The maximum absolute atomic E-state index is 14.0. The minimum Gasteiger partial charge on any atom is -0.497 e. The fourth-order valence-electron chi connectivity index (χ4n) is 8.22. The molecule has 0 radical (unpaired) electrons. The first-order valence-electron chi connectivity index (χ1n) is 18.8. The third-order valence-corrected chi connectivity index (χ3v) is 12.3. The molecule has 2 saturated heterocycles. The SMILES string of the molecule is COc1cc(-c2nc(NCc3ccc4c(c3-c3cnc(N5CCC(C(=O)O)CC5)cn3)Cc3ccccc3-4)sc2CN2CCCC[C@H]2C)cc(C(F)(F)F)c1. The number of rotatable bonds is 10. The lowest BCUT2D eigenvalue weighted by Gasteiger charge is -2.33. The van der Waals surface area contributed by atoms with Crippen LogP contribution in [-0.4, -0.2) is 63.7 Å². The average molecular weight is 769 g/mol. The Morgan fingerprint density at radius 2 is 1.82 bits per heavy atom. The van der Waals surface area contributed by atoms with Crippen molar-refractivity contribution in [1.29, 1.82) is 0 Å². The summed E-state index contributed by atoms with van der Waals surface area (Å²) in [5.41, 5.74) is 7.61. The van der Waals surface area contributed by atoms with Crippen molar-refractivity contribution in [1.82, 2.24) is 19.9 Å². The van der Waals surface area contributed by atoms with Crippen LogP contribution in [0.5, 0.6) is 5.75 Å². The van der Waals surface area contributed by atoms with Gasteiger partial charge in [-0.15, -0.1) is 11.3 Å². The van der Waals surface area contributed by atoms with Gasteiger partial charge in [-0.2, -0.15) is 13.2 Å².